The van der Waals surface area contributed by atoms with Crippen molar-refractivity contribution < 1.29 is 26.3 Å². The maximum Gasteiger partial charge on any atom is 0.416 e. The van der Waals surface area contributed by atoms with Crippen LogP contribution >= 0.6 is 0 Å². The van der Waals surface area contributed by atoms with Crippen LogP contribution in [0.1, 0.15) is 22.3 Å². The molecule has 3 nitrogen and oxygen atoms in total. The zero-order chi connectivity index (χ0) is 44.8. The monoisotopic (exact) mass is 865 g/mol. The Balaban J connectivity index is 1.18. The Morgan fingerprint density at radius 1 is 0.369 bits per heavy atom. The van der Waals surface area contributed by atoms with Crippen LogP contribution in [0.25, 0.3) is 60.0 Å². The van der Waals surface area contributed by atoms with Gasteiger partial charge in [-0.25, -0.2) is 0 Å². The van der Waals surface area contributed by atoms with Gasteiger partial charge in [0.1, 0.15) is 0 Å². The number of aryl methyl sites for hydroxylation is 2. The van der Waals surface area contributed by atoms with Gasteiger partial charge in [0.2, 0.25) is 0 Å². The highest BCUT2D eigenvalue weighted by Crippen LogP contribution is 2.48. The van der Waals surface area contributed by atoms with Crippen LogP contribution in [0.5, 0.6) is 0 Å². The Kier molecular flexibility index (Phi) is 9.18. The first-order chi connectivity index (χ1) is 31.3. The van der Waals surface area contributed by atoms with Crippen molar-refractivity contribution >= 4 is 83.0 Å². The zero-order valence-corrected chi connectivity index (χ0v) is 35.0. The van der Waals surface area contributed by atoms with Gasteiger partial charge in [-0.3, -0.25) is 0 Å². The Morgan fingerprint density at radius 2 is 0.908 bits per heavy atom. The number of alkyl halides is 6. The van der Waals surface area contributed by atoms with Crippen molar-refractivity contribution in [1.29, 1.82) is 0 Å². The fourth-order valence-electron chi connectivity index (χ4n) is 9.43. The summed E-state index contributed by atoms with van der Waals surface area (Å²) in [5.41, 5.74) is 9.92. The molecule has 11 aromatic rings. The summed E-state index contributed by atoms with van der Waals surface area (Å²) in [6, 6.07) is 57.6. The van der Waals surface area contributed by atoms with Gasteiger partial charge < -0.3 is 14.2 Å². The molecule has 0 fully saturated rings. The van der Waals surface area contributed by atoms with Crippen LogP contribution in [0.2, 0.25) is 0 Å². The summed E-state index contributed by atoms with van der Waals surface area (Å²) in [5.74, 6) is 0. The SMILES string of the molecule is Cc1cccc(N(c2ccc(C(F)(F)F)cc2)c2ccc3cc4c5ccc(N(c6ccc(C(F)(F)F)cc6)c6cccc(C)c6)cc5n5c6ccc(-c7ccccc7)cc6c(c3c2)c45)c1. The van der Waals surface area contributed by atoms with Gasteiger partial charge in [0.25, 0.3) is 0 Å². The van der Waals surface area contributed by atoms with E-state index in [1.54, 1.807) is 0 Å². The second-order valence-electron chi connectivity index (χ2n) is 16.6. The molecule has 0 amide bonds. The molecule has 0 bridgehead atoms. The van der Waals surface area contributed by atoms with Crippen molar-refractivity contribution in [3.05, 3.63) is 210 Å². The van der Waals surface area contributed by atoms with E-state index < -0.39 is 23.5 Å². The lowest BCUT2D eigenvalue weighted by atomic mass is 9.97. The van der Waals surface area contributed by atoms with Crippen molar-refractivity contribution in [1.82, 2.24) is 4.40 Å². The maximum atomic E-state index is 13.8. The van der Waals surface area contributed by atoms with Crippen molar-refractivity contribution in [2.45, 2.75) is 26.2 Å². The molecule has 0 N–H and O–H groups in total. The van der Waals surface area contributed by atoms with Crippen LogP contribution in [0.3, 0.4) is 0 Å². The van der Waals surface area contributed by atoms with Gasteiger partial charge in [-0.05, 0) is 162 Å². The number of aromatic nitrogens is 1. The summed E-state index contributed by atoms with van der Waals surface area (Å²) in [7, 11) is 0. The Bertz CT molecular complexity index is 3590. The van der Waals surface area contributed by atoms with E-state index in [2.05, 4.69) is 65.1 Å². The summed E-state index contributed by atoms with van der Waals surface area (Å²) < 4.78 is 84.9. The maximum absolute atomic E-state index is 13.8. The molecule has 2 heterocycles. The third kappa shape index (κ3) is 6.86. The molecule has 0 saturated heterocycles. The largest absolute Gasteiger partial charge is 0.416 e. The van der Waals surface area contributed by atoms with E-state index in [0.29, 0.717) is 11.4 Å². The molecular formula is C56H37F6N3. The fraction of sp³-hybridized carbons (Fsp3) is 0.0714. The number of hydrogen-bond donors (Lipinski definition) is 0. The highest BCUT2D eigenvalue weighted by Gasteiger charge is 2.32. The Hall–Kier alpha value is -7.78. The highest BCUT2D eigenvalue weighted by atomic mass is 19.4. The lowest BCUT2D eigenvalue weighted by Crippen LogP contribution is -2.11. The van der Waals surface area contributed by atoms with E-state index in [-0.39, 0.29) is 0 Å². The van der Waals surface area contributed by atoms with Crippen molar-refractivity contribution in [2.24, 2.45) is 0 Å². The molecule has 0 aliphatic rings. The summed E-state index contributed by atoms with van der Waals surface area (Å²) in [6.45, 7) is 3.97. The second-order valence-corrected chi connectivity index (χ2v) is 16.6. The molecule has 11 rings (SSSR count). The number of nitrogens with zero attached hydrogens (tertiary/aromatic N) is 3. The third-order valence-electron chi connectivity index (χ3n) is 12.4. The molecular weight excluding hydrogens is 829 g/mol. The zero-order valence-electron chi connectivity index (χ0n) is 35.0. The molecule has 0 atom stereocenters. The minimum absolute atomic E-state index is 0.582. The van der Waals surface area contributed by atoms with E-state index in [1.807, 2.05) is 103 Å². The smallest absolute Gasteiger partial charge is 0.310 e. The van der Waals surface area contributed by atoms with E-state index >= 15 is 0 Å². The average Bonchev–Trinajstić information content (AvgIpc) is 3.80. The molecule has 0 spiro atoms. The van der Waals surface area contributed by atoms with Crippen LogP contribution in [0.4, 0.5) is 60.5 Å². The molecule has 0 unspecified atom stereocenters. The Labute approximate surface area is 370 Å². The summed E-state index contributed by atoms with van der Waals surface area (Å²) in [5, 5.41) is 6.06. The first-order valence-electron chi connectivity index (χ1n) is 21.1. The van der Waals surface area contributed by atoms with E-state index in [0.717, 1.165) is 118 Å². The summed E-state index contributed by atoms with van der Waals surface area (Å²) >= 11 is 0. The number of hydrogen-bond acceptors (Lipinski definition) is 2. The van der Waals surface area contributed by atoms with Crippen LogP contribution in [0, 0.1) is 13.8 Å². The summed E-state index contributed by atoms with van der Waals surface area (Å²) in [4.78, 5) is 3.97. The van der Waals surface area contributed by atoms with E-state index in [4.69, 9.17) is 0 Å². The van der Waals surface area contributed by atoms with Gasteiger partial charge >= 0.3 is 12.4 Å². The molecule has 0 aliphatic heterocycles. The van der Waals surface area contributed by atoms with Gasteiger partial charge in [-0.2, -0.15) is 26.3 Å². The first-order valence-corrected chi connectivity index (χ1v) is 21.1. The predicted octanol–water partition coefficient (Wildman–Crippen LogP) is 17.3. The molecule has 9 aromatic carbocycles. The van der Waals surface area contributed by atoms with Gasteiger partial charge in [0, 0.05) is 55.7 Å². The molecule has 0 radical (unpaired) electrons. The van der Waals surface area contributed by atoms with Crippen LogP contribution in [0.15, 0.2) is 188 Å². The second kappa shape index (κ2) is 14.9. The lowest BCUT2D eigenvalue weighted by Gasteiger charge is -2.26. The van der Waals surface area contributed by atoms with Crippen LogP contribution < -0.4 is 9.80 Å². The predicted molar refractivity (Wildman–Crippen MR) is 253 cm³/mol. The molecule has 0 aliphatic carbocycles. The normalized spacial score (nSPS) is 12.3. The van der Waals surface area contributed by atoms with Crippen molar-refractivity contribution in [2.75, 3.05) is 9.80 Å². The fourth-order valence-corrected chi connectivity index (χ4v) is 9.43. The average molecular weight is 866 g/mol. The van der Waals surface area contributed by atoms with Gasteiger partial charge in [-0.15, -0.1) is 0 Å². The van der Waals surface area contributed by atoms with Crippen molar-refractivity contribution in [3.63, 3.8) is 0 Å². The standard InChI is InChI=1S/C56H37F6N3/c1-34-8-6-12-43(28-34)63(41-21-16-39(17-22-41)55(57,58)59)45-20-14-38-31-49-47-26-25-46(64(44-13-7-9-35(2)29-44)42-23-18-40(19-24-42)56(60,61)62)33-52(47)65-51-27-15-37(36-10-4-3-5-11-36)30-50(51)53(54(49)65)48(38)32-45/h3-33H,1-2H3. The molecule has 0 saturated carbocycles. The van der Waals surface area contributed by atoms with Crippen LogP contribution in [-0.4, -0.2) is 4.40 Å². The highest BCUT2D eigenvalue weighted by molar-refractivity contribution is 6.32. The van der Waals surface area contributed by atoms with Gasteiger partial charge in [-0.1, -0.05) is 72.8 Å². The lowest BCUT2D eigenvalue weighted by molar-refractivity contribution is -0.138. The molecule has 9 heteroatoms. The first kappa shape index (κ1) is 40.0. The number of fused-ring (bicyclic) bond motifs is 8. The molecule has 318 valence electrons. The van der Waals surface area contributed by atoms with Gasteiger partial charge in [0.05, 0.1) is 27.7 Å². The minimum atomic E-state index is -4.47. The third-order valence-corrected chi connectivity index (χ3v) is 12.4. The molecule has 2 aromatic heterocycles. The number of anilines is 6. The molecule has 65 heavy (non-hydrogen) atoms. The number of benzene rings is 9. The number of rotatable bonds is 7. The van der Waals surface area contributed by atoms with Crippen molar-refractivity contribution in [3.8, 4) is 11.1 Å². The number of halogens is 6. The van der Waals surface area contributed by atoms with Crippen LogP contribution in [-0.2, 0) is 12.4 Å². The quantitative estimate of drug-likeness (QED) is 0.148. The Morgan fingerprint density at radius 3 is 1.48 bits per heavy atom. The van der Waals surface area contributed by atoms with Gasteiger partial charge in [0.15, 0.2) is 0 Å². The van der Waals surface area contributed by atoms with E-state index in [1.165, 1.54) is 24.3 Å². The van der Waals surface area contributed by atoms with E-state index in [9.17, 15) is 26.3 Å². The minimum Gasteiger partial charge on any atom is -0.310 e. The summed E-state index contributed by atoms with van der Waals surface area (Å²) in [6.07, 6.45) is -8.95. The topological polar surface area (TPSA) is 10.9 Å².